The predicted molar refractivity (Wildman–Crippen MR) is 237 cm³/mol. The molecule has 0 aliphatic carbocycles. The quantitative estimate of drug-likeness (QED) is 0.165. The summed E-state index contributed by atoms with van der Waals surface area (Å²) in [6.07, 6.45) is 0. The molecule has 0 saturated carbocycles. The van der Waals surface area contributed by atoms with E-state index in [1.54, 1.807) is 0 Å². The summed E-state index contributed by atoms with van der Waals surface area (Å²) in [5.41, 5.74) is 12.5. The maximum atomic E-state index is 5.29. The molecule has 0 spiro atoms. The lowest BCUT2D eigenvalue weighted by Crippen LogP contribution is -2.01. The lowest BCUT2D eigenvalue weighted by molar-refractivity contribution is 1.07. The van der Waals surface area contributed by atoms with E-state index in [1.807, 2.05) is 60.7 Å². The van der Waals surface area contributed by atoms with E-state index >= 15 is 0 Å². The third-order valence-electron chi connectivity index (χ3n) is 11.3. The summed E-state index contributed by atoms with van der Waals surface area (Å²) in [5.74, 6) is 1.88. The van der Waals surface area contributed by atoms with Crippen molar-refractivity contribution in [1.29, 1.82) is 0 Å². The van der Waals surface area contributed by atoms with Crippen molar-refractivity contribution in [3.8, 4) is 51.0 Å². The van der Waals surface area contributed by atoms with Gasteiger partial charge in [0.15, 0.2) is 17.5 Å². The number of fused-ring (bicyclic) bond motifs is 12. The third-order valence-corrected chi connectivity index (χ3v) is 11.3. The Morgan fingerprint density at radius 3 is 1.64 bits per heavy atom. The van der Waals surface area contributed by atoms with Crippen LogP contribution in [0.25, 0.3) is 111 Å². The van der Waals surface area contributed by atoms with Gasteiger partial charge in [-0.2, -0.15) is 0 Å². The second-order valence-electron chi connectivity index (χ2n) is 14.7. The topological polar surface area (TPSA) is 60.9 Å². The van der Waals surface area contributed by atoms with Crippen molar-refractivity contribution < 1.29 is 0 Å². The molecule has 270 valence electrons. The second kappa shape index (κ2) is 12.8. The van der Waals surface area contributed by atoms with Gasteiger partial charge in [-0.3, -0.25) is 4.40 Å². The number of imidazole rings is 1. The summed E-state index contributed by atoms with van der Waals surface area (Å²) in [5, 5.41) is 5.78. The van der Waals surface area contributed by atoms with Gasteiger partial charge in [0, 0.05) is 49.3 Å². The van der Waals surface area contributed by atoms with Crippen molar-refractivity contribution >= 4 is 60.2 Å². The first-order chi connectivity index (χ1) is 28.8. The van der Waals surface area contributed by atoms with Crippen molar-refractivity contribution in [1.82, 2.24) is 28.9 Å². The Labute approximate surface area is 333 Å². The van der Waals surface area contributed by atoms with E-state index in [4.69, 9.17) is 19.9 Å². The van der Waals surface area contributed by atoms with Gasteiger partial charge >= 0.3 is 0 Å². The minimum absolute atomic E-state index is 0.615. The van der Waals surface area contributed by atoms with Gasteiger partial charge in [-0.1, -0.05) is 146 Å². The summed E-state index contributed by atoms with van der Waals surface area (Å²) in [4.78, 5) is 20.4. The molecule has 0 radical (unpaired) electrons. The van der Waals surface area contributed by atoms with Crippen LogP contribution in [-0.2, 0) is 0 Å². The van der Waals surface area contributed by atoms with Gasteiger partial charge in [-0.15, -0.1) is 0 Å². The van der Waals surface area contributed by atoms with Gasteiger partial charge in [0.05, 0.1) is 27.6 Å². The van der Waals surface area contributed by atoms with Crippen molar-refractivity contribution in [3.05, 3.63) is 194 Å². The Bertz CT molecular complexity index is 3500. The molecule has 4 aromatic heterocycles. The molecular formula is C52H32N6. The van der Waals surface area contributed by atoms with Gasteiger partial charge in [0.25, 0.3) is 0 Å². The highest BCUT2D eigenvalue weighted by Crippen LogP contribution is 2.43. The van der Waals surface area contributed by atoms with Gasteiger partial charge in [-0.25, -0.2) is 19.9 Å². The second-order valence-corrected chi connectivity index (χ2v) is 14.7. The molecule has 6 heteroatoms. The van der Waals surface area contributed by atoms with Crippen molar-refractivity contribution in [3.63, 3.8) is 0 Å². The van der Waals surface area contributed by atoms with Crippen LogP contribution < -0.4 is 0 Å². The smallest absolute Gasteiger partial charge is 0.164 e. The van der Waals surface area contributed by atoms with E-state index in [9.17, 15) is 0 Å². The zero-order valence-corrected chi connectivity index (χ0v) is 31.2. The van der Waals surface area contributed by atoms with Crippen LogP contribution in [0.2, 0.25) is 0 Å². The van der Waals surface area contributed by atoms with E-state index in [2.05, 4.69) is 142 Å². The Morgan fingerprint density at radius 2 is 0.914 bits per heavy atom. The van der Waals surface area contributed by atoms with Crippen molar-refractivity contribution in [2.45, 2.75) is 0 Å². The molecular weight excluding hydrogens is 709 g/mol. The fourth-order valence-corrected chi connectivity index (χ4v) is 8.70. The Morgan fingerprint density at radius 1 is 0.328 bits per heavy atom. The highest BCUT2D eigenvalue weighted by Gasteiger charge is 2.22. The molecule has 0 unspecified atom stereocenters. The average molecular weight is 741 g/mol. The van der Waals surface area contributed by atoms with Gasteiger partial charge in [0.1, 0.15) is 5.65 Å². The SMILES string of the molecule is c1ccc(-c2ccc3c(c2)c2c(ccc4c5ccccc5n(-c5cccc(-c6nc(-c7ccccc7)nc(-c7ccccc7)n6)c5)c42)c2nc4ccccc4n32)cc1. The number of hydrogen-bond acceptors (Lipinski definition) is 4. The first-order valence-corrected chi connectivity index (χ1v) is 19.5. The van der Waals surface area contributed by atoms with Gasteiger partial charge in [-0.05, 0) is 59.7 Å². The summed E-state index contributed by atoms with van der Waals surface area (Å²) >= 11 is 0. The maximum Gasteiger partial charge on any atom is 0.164 e. The highest BCUT2D eigenvalue weighted by molar-refractivity contribution is 6.28. The van der Waals surface area contributed by atoms with Crippen LogP contribution >= 0.6 is 0 Å². The number of benzene rings is 8. The molecule has 0 N–H and O–H groups in total. The number of hydrogen-bond donors (Lipinski definition) is 0. The molecule has 0 amide bonds. The van der Waals surface area contributed by atoms with Gasteiger partial charge in [0.2, 0.25) is 0 Å². The van der Waals surface area contributed by atoms with Crippen LogP contribution in [-0.4, -0.2) is 28.9 Å². The van der Waals surface area contributed by atoms with Crippen LogP contribution in [0.4, 0.5) is 0 Å². The summed E-state index contributed by atoms with van der Waals surface area (Å²) < 4.78 is 4.75. The van der Waals surface area contributed by atoms with Crippen molar-refractivity contribution in [2.75, 3.05) is 0 Å². The standard InChI is InChI=1S/C52H32N6/c1-4-15-33(16-5-1)36-27-30-45-42(32-36)47-41(52-53-43-24-11-13-26-46(43)58(45)52)29-28-40-39-23-10-12-25-44(39)57(48(40)47)38-22-14-21-37(31-38)51-55-49(34-17-6-2-7-18-34)54-50(56-51)35-19-8-3-9-20-35/h1-32H. The molecule has 6 nitrogen and oxygen atoms in total. The number of nitrogens with zero attached hydrogens (tertiary/aromatic N) is 6. The van der Waals surface area contributed by atoms with Gasteiger partial charge < -0.3 is 4.57 Å². The molecule has 8 aromatic carbocycles. The lowest BCUT2D eigenvalue weighted by atomic mass is 9.98. The molecule has 0 atom stereocenters. The minimum atomic E-state index is 0.615. The van der Waals surface area contributed by atoms with E-state index in [0.717, 1.165) is 77.3 Å². The molecule has 58 heavy (non-hydrogen) atoms. The summed E-state index contributed by atoms with van der Waals surface area (Å²) in [6, 6.07) is 68.0. The van der Waals surface area contributed by atoms with E-state index < -0.39 is 0 Å². The molecule has 0 fully saturated rings. The summed E-state index contributed by atoms with van der Waals surface area (Å²) in [7, 11) is 0. The van der Waals surface area contributed by atoms with E-state index in [-0.39, 0.29) is 0 Å². The summed E-state index contributed by atoms with van der Waals surface area (Å²) in [6.45, 7) is 0. The number of pyridine rings is 1. The molecule has 12 aromatic rings. The normalized spacial score (nSPS) is 11.8. The lowest BCUT2D eigenvalue weighted by Gasteiger charge is -2.15. The molecule has 0 aliphatic heterocycles. The Balaban J connectivity index is 1.18. The Kier molecular flexibility index (Phi) is 7.13. The molecule has 0 bridgehead atoms. The fourth-order valence-electron chi connectivity index (χ4n) is 8.70. The molecule has 12 rings (SSSR count). The predicted octanol–water partition coefficient (Wildman–Crippen LogP) is 12.7. The number of rotatable bonds is 5. The van der Waals surface area contributed by atoms with Crippen LogP contribution in [0, 0.1) is 0 Å². The Hall–Kier alpha value is -7.96. The molecule has 0 aliphatic rings. The largest absolute Gasteiger partial charge is 0.309 e. The average Bonchev–Trinajstić information content (AvgIpc) is 3.86. The zero-order valence-electron chi connectivity index (χ0n) is 31.2. The van der Waals surface area contributed by atoms with E-state index in [0.29, 0.717) is 17.5 Å². The van der Waals surface area contributed by atoms with Crippen LogP contribution in [0.3, 0.4) is 0 Å². The monoisotopic (exact) mass is 740 g/mol. The number of para-hydroxylation sites is 3. The zero-order chi connectivity index (χ0) is 38.2. The minimum Gasteiger partial charge on any atom is -0.309 e. The van der Waals surface area contributed by atoms with Crippen LogP contribution in [0.15, 0.2) is 194 Å². The van der Waals surface area contributed by atoms with Crippen LogP contribution in [0.1, 0.15) is 0 Å². The fraction of sp³-hybridized carbons (Fsp3) is 0. The van der Waals surface area contributed by atoms with Crippen LogP contribution in [0.5, 0.6) is 0 Å². The third kappa shape index (κ3) is 4.98. The first-order valence-electron chi connectivity index (χ1n) is 19.5. The van der Waals surface area contributed by atoms with E-state index in [1.165, 1.54) is 16.3 Å². The highest BCUT2D eigenvalue weighted by atomic mass is 15.0. The van der Waals surface area contributed by atoms with Crippen molar-refractivity contribution in [2.24, 2.45) is 0 Å². The first kappa shape index (κ1) is 32.3. The molecule has 0 saturated heterocycles. The maximum absolute atomic E-state index is 5.29. The number of aromatic nitrogens is 6. The molecule has 4 heterocycles.